The Balaban J connectivity index is 1.96. The molecule has 0 unspecified atom stereocenters. The average molecular weight is 377 g/mol. The first-order valence-corrected chi connectivity index (χ1v) is 9.14. The maximum atomic E-state index is 12.1. The number of aryl methyl sites for hydroxylation is 1. The monoisotopic (exact) mass is 376 g/mol. The lowest BCUT2D eigenvalue weighted by molar-refractivity contribution is -0.133. The Hall–Kier alpha value is -2.02. The van der Waals surface area contributed by atoms with Gasteiger partial charge in [-0.25, -0.2) is 14.8 Å². The molecule has 0 radical (unpaired) electrons. The van der Waals surface area contributed by atoms with Gasteiger partial charge in [0.05, 0.1) is 18.4 Å². The van der Waals surface area contributed by atoms with Gasteiger partial charge in [0.25, 0.3) is 0 Å². The predicted molar refractivity (Wildman–Crippen MR) is 99.3 cm³/mol. The Morgan fingerprint density at radius 2 is 1.92 bits per heavy atom. The molecule has 1 aromatic carbocycles. The standard InChI is InChI=1S/C17H13ClN2O2S2/c1-10-8-23-16(19-10)14(17(21)22-2)7-13-9-24-15(20-13)11-3-5-12(18)6-4-11/h3-9H,1-2H3/b14-7-. The number of carbonyl (C=O) groups is 1. The second-order valence-corrected chi connectivity index (χ2v) is 7.08. The molecule has 3 rings (SSSR count). The molecule has 122 valence electrons. The molecular weight excluding hydrogens is 364 g/mol. The zero-order valence-electron chi connectivity index (χ0n) is 12.9. The van der Waals surface area contributed by atoms with Crippen LogP contribution in [-0.2, 0) is 9.53 Å². The number of methoxy groups -OCH3 is 1. The highest BCUT2D eigenvalue weighted by Gasteiger charge is 2.17. The van der Waals surface area contributed by atoms with Gasteiger partial charge in [-0.05, 0) is 25.1 Å². The molecule has 0 aliphatic rings. The highest BCUT2D eigenvalue weighted by molar-refractivity contribution is 7.13. The van der Waals surface area contributed by atoms with Crippen LogP contribution in [-0.4, -0.2) is 23.0 Å². The van der Waals surface area contributed by atoms with Gasteiger partial charge in [-0.3, -0.25) is 0 Å². The molecule has 0 bridgehead atoms. The van der Waals surface area contributed by atoms with Crippen LogP contribution in [0.15, 0.2) is 35.0 Å². The van der Waals surface area contributed by atoms with Crippen molar-refractivity contribution in [3.8, 4) is 10.6 Å². The molecule has 7 heteroatoms. The normalized spacial score (nSPS) is 11.5. The molecule has 0 saturated carbocycles. The van der Waals surface area contributed by atoms with Gasteiger partial charge in [-0.15, -0.1) is 22.7 Å². The third kappa shape index (κ3) is 3.72. The quantitative estimate of drug-likeness (QED) is 0.478. The van der Waals surface area contributed by atoms with Crippen LogP contribution in [0.5, 0.6) is 0 Å². The van der Waals surface area contributed by atoms with Crippen LogP contribution in [0.1, 0.15) is 16.4 Å². The van der Waals surface area contributed by atoms with Crippen molar-refractivity contribution in [1.82, 2.24) is 9.97 Å². The molecule has 0 amide bonds. The van der Waals surface area contributed by atoms with Crippen LogP contribution in [0, 0.1) is 6.92 Å². The lowest BCUT2D eigenvalue weighted by Gasteiger charge is -2.01. The molecule has 0 N–H and O–H groups in total. The number of benzene rings is 1. The molecule has 0 fully saturated rings. The fourth-order valence-corrected chi connectivity index (χ4v) is 3.73. The van der Waals surface area contributed by atoms with Gasteiger partial charge in [0.1, 0.15) is 10.0 Å². The zero-order chi connectivity index (χ0) is 17.1. The predicted octanol–water partition coefficient (Wildman–Crippen LogP) is 4.94. The summed E-state index contributed by atoms with van der Waals surface area (Å²) in [6.45, 7) is 1.89. The molecule has 2 heterocycles. The van der Waals surface area contributed by atoms with E-state index in [0.29, 0.717) is 21.3 Å². The summed E-state index contributed by atoms with van der Waals surface area (Å²) in [5.74, 6) is -0.426. The van der Waals surface area contributed by atoms with Crippen molar-refractivity contribution in [3.63, 3.8) is 0 Å². The van der Waals surface area contributed by atoms with Gasteiger partial charge in [-0.2, -0.15) is 0 Å². The topological polar surface area (TPSA) is 52.1 Å². The van der Waals surface area contributed by atoms with Crippen molar-refractivity contribution in [3.05, 3.63) is 56.4 Å². The molecule has 0 spiro atoms. The van der Waals surface area contributed by atoms with Gasteiger partial charge >= 0.3 is 5.97 Å². The summed E-state index contributed by atoms with van der Waals surface area (Å²) >= 11 is 8.82. The third-order valence-electron chi connectivity index (χ3n) is 3.16. The molecule has 0 saturated heterocycles. The number of hydrogen-bond donors (Lipinski definition) is 0. The van der Waals surface area contributed by atoms with E-state index in [1.165, 1.54) is 29.8 Å². The molecular formula is C17H13ClN2O2S2. The highest BCUT2D eigenvalue weighted by atomic mass is 35.5. The Kier molecular flexibility index (Phi) is 5.08. The van der Waals surface area contributed by atoms with Gasteiger partial charge in [-0.1, -0.05) is 23.7 Å². The first-order valence-electron chi connectivity index (χ1n) is 7.01. The number of nitrogens with zero attached hydrogens (tertiary/aromatic N) is 2. The van der Waals surface area contributed by atoms with Gasteiger partial charge < -0.3 is 4.74 Å². The van der Waals surface area contributed by atoms with E-state index in [9.17, 15) is 4.79 Å². The fourth-order valence-electron chi connectivity index (χ4n) is 2.02. The molecule has 0 atom stereocenters. The number of aromatic nitrogens is 2. The molecule has 24 heavy (non-hydrogen) atoms. The molecule has 0 aliphatic heterocycles. The van der Waals surface area contributed by atoms with Gasteiger partial charge in [0, 0.05) is 27.0 Å². The second-order valence-electron chi connectivity index (χ2n) is 4.93. The second kappa shape index (κ2) is 7.25. The largest absolute Gasteiger partial charge is 0.465 e. The van der Waals surface area contributed by atoms with Crippen molar-refractivity contribution in [1.29, 1.82) is 0 Å². The van der Waals surface area contributed by atoms with Crippen LogP contribution in [0.25, 0.3) is 22.2 Å². The number of halogens is 1. The number of esters is 1. The maximum Gasteiger partial charge on any atom is 0.341 e. The molecule has 3 aromatic rings. The van der Waals surface area contributed by atoms with Crippen LogP contribution < -0.4 is 0 Å². The first kappa shape index (κ1) is 16.8. The third-order valence-corrected chi connectivity index (χ3v) is 5.32. The summed E-state index contributed by atoms with van der Waals surface area (Å²) in [4.78, 5) is 21.0. The van der Waals surface area contributed by atoms with Crippen molar-refractivity contribution in [2.45, 2.75) is 6.92 Å². The van der Waals surface area contributed by atoms with E-state index in [2.05, 4.69) is 9.97 Å². The van der Waals surface area contributed by atoms with E-state index in [0.717, 1.165) is 16.3 Å². The summed E-state index contributed by atoms with van der Waals surface area (Å²) in [5, 5.41) is 5.96. The summed E-state index contributed by atoms with van der Waals surface area (Å²) in [6, 6.07) is 7.48. The number of ether oxygens (including phenoxy) is 1. The van der Waals surface area contributed by atoms with E-state index in [1.54, 1.807) is 6.08 Å². The lowest BCUT2D eigenvalue weighted by atomic mass is 10.2. The van der Waals surface area contributed by atoms with Gasteiger partial charge in [0.15, 0.2) is 0 Å². The lowest BCUT2D eigenvalue weighted by Crippen LogP contribution is -2.03. The van der Waals surface area contributed by atoms with Crippen molar-refractivity contribution < 1.29 is 9.53 Å². The average Bonchev–Trinajstić information content (AvgIpc) is 3.21. The summed E-state index contributed by atoms with van der Waals surface area (Å²) in [5.41, 5.74) is 2.94. The minimum atomic E-state index is -0.426. The van der Waals surface area contributed by atoms with E-state index < -0.39 is 5.97 Å². The minimum absolute atomic E-state index is 0.406. The fraction of sp³-hybridized carbons (Fsp3) is 0.118. The Labute approximate surface area is 152 Å². The van der Waals surface area contributed by atoms with Crippen LogP contribution in [0.2, 0.25) is 5.02 Å². The van der Waals surface area contributed by atoms with Crippen molar-refractivity contribution >= 4 is 51.9 Å². The highest BCUT2D eigenvalue weighted by Crippen LogP contribution is 2.28. The van der Waals surface area contributed by atoms with Crippen LogP contribution >= 0.6 is 34.3 Å². The first-order chi connectivity index (χ1) is 11.6. The van der Waals surface area contributed by atoms with Crippen molar-refractivity contribution in [2.75, 3.05) is 7.11 Å². The Morgan fingerprint density at radius 1 is 1.17 bits per heavy atom. The zero-order valence-corrected chi connectivity index (χ0v) is 15.3. The van der Waals surface area contributed by atoms with E-state index in [1.807, 2.05) is 41.9 Å². The smallest absolute Gasteiger partial charge is 0.341 e. The molecule has 2 aromatic heterocycles. The van der Waals surface area contributed by atoms with Crippen LogP contribution in [0.4, 0.5) is 0 Å². The Bertz CT molecular complexity index is 897. The summed E-state index contributed by atoms with van der Waals surface area (Å²) in [7, 11) is 1.36. The van der Waals surface area contributed by atoms with E-state index >= 15 is 0 Å². The number of thiazole rings is 2. The van der Waals surface area contributed by atoms with Crippen molar-refractivity contribution in [2.24, 2.45) is 0 Å². The number of hydrogen-bond acceptors (Lipinski definition) is 6. The van der Waals surface area contributed by atoms with Crippen LogP contribution in [0.3, 0.4) is 0 Å². The van der Waals surface area contributed by atoms with Gasteiger partial charge in [0.2, 0.25) is 0 Å². The minimum Gasteiger partial charge on any atom is -0.465 e. The number of carbonyl (C=O) groups excluding carboxylic acids is 1. The Morgan fingerprint density at radius 3 is 2.54 bits per heavy atom. The SMILES string of the molecule is COC(=O)/C(=C\c1csc(-c2ccc(Cl)cc2)n1)c1nc(C)cs1. The maximum absolute atomic E-state index is 12.1. The summed E-state index contributed by atoms with van der Waals surface area (Å²) < 4.78 is 4.87. The van der Waals surface area contributed by atoms with E-state index in [-0.39, 0.29) is 0 Å². The molecule has 4 nitrogen and oxygen atoms in total. The summed E-state index contributed by atoms with van der Waals surface area (Å²) in [6.07, 6.45) is 1.71. The number of rotatable bonds is 4. The molecule has 0 aliphatic carbocycles. The van der Waals surface area contributed by atoms with E-state index in [4.69, 9.17) is 16.3 Å².